The number of rotatable bonds is 6. The Morgan fingerprint density at radius 3 is 2.39 bits per heavy atom. The zero-order valence-corrected chi connectivity index (χ0v) is 15.6. The van der Waals surface area contributed by atoms with E-state index in [1.807, 2.05) is 13.0 Å². The van der Waals surface area contributed by atoms with Gasteiger partial charge in [-0.1, -0.05) is 17.7 Å². The van der Waals surface area contributed by atoms with Gasteiger partial charge in [0.15, 0.2) is 6.10 Å². The SMILES string of the molecule is Cc1cccc(C(=O)N[C@@H](C)C(=O)O[C@@H](C)C(=O)Nc2ccc(F)cc2F)c1. The molecule has 2 N–H and O–H groups in total. The minimum Gasteiger partial charge on any atom is -0.451 e. The predicted molar refractivity (Wildman–Crippen MR) is 98.6 cm³/mol. The number of esters is 1. The number of benzene rings is 2. The van der Waals surface area contributed by atoms with E-state index in [0.29, 0.717) is 11.6 Å². The second-order valence-electron chi connectivity index (χ2n) is 6.26. The molecule has 2 aromatic carbocycles. The van der Waals surface area contributed by atoms with Gasteiger partial charge in [0.05, 0.1) is 5.69 Å². The van der Waals surface area contributed by atoms with E-state index >= 15 is 0 Å². The summed E-state index contributed by atoms with van der Waals surface area (Å²) in [4.78, 5) is 36.3. The Balaban J connectivity index is 1.91. The summed E-state index contributed by atoms with van der Waals surface area (Å²) in [5, 5.41) is 4.69. The Hall–Kier alpha value is -3.29. The number of ether oxygens (including phenoxy) is 1. The van der Waals surface area contributed by atoms with Crippen molar-refractivity contribution in [3.05, 3.63) is 65.2 Å². The number of amides is 2. The first-order valence-corrected chi connectivity index (χ1v) is 8.51. The number of hydrogen-bond acceptors (Lipinski definition) is 4. The Morgan fingerprint density at radius 1 is 1.04 bits per heavy atom. The first-order chi connectivity index (χ1) is 13.2. The van der Waals surface area contributed by atoms with E-state index in [2.05, 4.69) is 10.6 Å². The summed E-state index contributed by atoms with van der Waals surface area (Å²) in [7, 11) is 0. The lowest BCUT2D eigenvalue weighted by molar-refractivity contribution is -0.154. The van der Waals surface area contributed by atoms with Crippen LogP contribution in [0.2, 0.25) is 0 Å². The van der Waals surface area contributed by atoms with Crippen molar-refractivity contribution in [3.63, 3.8) is 0 Å². The van der Waals surface area contributed by atoms with Crippen LogP contribution in [-0.4, -0.2) is 29.9 Å². The number of carbonyl (C=O) groups excluding carboxylic acids is 3. The predicted octanol–water partition coefficient (Wildman–Crippen LogP) is 2.96. The van der Waals surface area contributed by atoms with Crippen molar-refractivity contribution in [2.45, 2.75) is 32.9 Å². The minimum atomic E-state index is -1.25. The molecule has 2 rings (SSSR count). The van der Waals surface area contributed by atoms with Crippen molar-refractivity contribution in [2.75, 3.05) is 5.32 Å². The summed E-state index contributed by atoms with van der Waals surface area (Å²) in [5.41, 5.74) is 1.04. The number of halogens is 2. The molecule has 0 saturated carbocycles. The molecule has 8 heteroatoms. The van der Waals surface area contributed by atoms with Crippen molar-refractivity contribution in [1.82, 2.24) is 5.32 Å². The van der Waals surface area contributed by atoms with Crippen LogP contribution >= 0.6 is 0 Å². The van der Waals surface area contributed by atoms with E-state index in [1.54, 1.807) is 18.2 Å². The van der Waals surface area contributed by atoms with Gasteiger partial charge in [-0.3, -0.25) is 9.59 Å². The topological polar surface area (TPSA) is 84.5 Å². The van der Waals surface area contributed by atoms with Gasteiger partial charge in [0.1, 0.15) is 17.7 Å². The van der Waals surface area contributed by atoms with Gasteiger partial charge in [0.2, 0.25) is 0 Å². The van der Waals surface area contributed by atoms with E-state index in [4.69, 9.17) is 4.74 Å². The van der Waals surface area contributed by atoms with E-state index in [9.17, 15) is 23.2 Å². The van der Waals surface area contributed by atoms with Crippen LogP contribution in [0.4, 0.5) is 14.5 Å². The minimum absolute atomic E-state index is 0.241. The maximum absolute atomic E-state index is 13.6. The molecule has 0 fully saturated rings. The van der Waals surface area contributed by atoms with E-state index in [0.717, 1.165) is 17.7 Å². The van der Waals surface area contributed by atoms with Crippen molar-refractivity contribution >= 4 is 23.5 Å². The lowest BCUT2D eigenvalue weighted by Crippen LogP contribution is -2.42. The largest absolute Gasteiger partial charge is 0.451 e. The highest BCUT2D eigenvalue weighted by Gasteiger charge is 2.24. The maximum atomic E-state index is 13.6. The molecule has 0 aliphatic carbocycles. The standard InChI is InChI=1S/C20H20F2N2O4/c1-11-5-4-6-14(9-11)19(26)23-12(2)20(27)28-13(3)18(25)24-17-8-7-15(21)10-16(17)22/h4-10,12-13H,1-3H3,(H,23,26)(H,24,25)/t12-,13-/m0/s1. The quantitative estimate of drug-likeness (QED) is 0.743. The van der Waals surface area contributed by atoms with Crippen molar-refractivity contribution in [3.8, 4) is 0 Å². The first kappa shape index (κ1) is 21.0. The molecule has 2 aromatic rings. The summed E-state index contributed by atoms with van der Waals surface area (Å²) in [6.07, 6.45) is -1.25. The van der Waals surface area contributed by atoms with Gasteiger partial charge in [-0.2, -0.15) is 0 Å². The van der Waals surface area contributed by atoms with Crippen LogP contribution in [0, 0.1) is 18.6 Å². The smallest absolute Gasteiger partial charge is 0.329 e. The first-order valence-electron chi connectivity index (χ1n) is 8.51. The highest BCUT2D eigenvalue weighted by molar-refractivity contribution is 5.98. The molecule has 6 nitrogen and oxygen atoms in total. The molecule has 0 aromatic heterocycles. The second-order valence-corrected chi connectivity index (χ2v) is 6.26. The summed E-state index contributed by atoms with van der Waals surface area (Å²) in [5.74, 6) is -3.82. The zero-order chi connectivity index (χ0) is 20.8. The molecule has 0 heterocycles. The molecule has 0 aliphatic heterocycles. The molecule has 28 heavy (non-hydrogen) atoms. The molecule has 0 bridgehead atoms. The normalized spacial score (nSPS) is 12.6. The van der Waals surface area contributed by atoms with Gasteiger partial charge in [0.25, 0.3) is 11.8 Å². The number of hydrogen-bond donors (Lipinski definition) is 2. The second kappa shape index (κ2) is 9.07. The number of aryl methyl sites for hydroxylation is 1. The molecular weight excluding hydrogens is 370 g/mol. The number of nitrogens with one attached hydrogen (secondary N) is 2. The monoisotopic (exact) mass is 390 g/mol. The van der Waals surface area contributed by atoms with Crippen LogP contribution in [0.25, 0.3) is 0 Å². The third-order valence-electron chi connectivity index (χ3n) is 3.83. The Kier molecular flexibility index (Phi) is 6.81. The van der Waals surface area contributed by atoms with E-state index in [-0.39, 0.29) is 5.69 Å². The van der Waals surface area contributed by atoms with Gasteiger partial charge in [-0.15, -0.1) is 0 Å². The Morgan fingerprint density at radius 2 is 1.75 bits per heavy atom. The van der Waals surface area contributed by atoms with Crippen LogP contribution in [0.1, 0.15) is 29.8 Å². The average Bonchev–Trinajstić information content (AvgIpc) is 2.63. The molecule has 0 unspecified atom stereocenters. The molecule has 0 saturated heterocycles. The molecule has 0 radical (unpaired) electrons. The van der Waals surface area contributed by atoms with Gasteiger partial charge in [0, 0.05) is 11.6 Å². The summed E-state index contributed by atoms with van der Waals surface area (Å²) in [6.45, 7) is 4.54. The van der Waals surface area contributed by atoms with Gasteiger partial charge >= 0.3 is 5.97 Å². The van der Waals surface area contributed by atoms with E-state index < -0.39 is 41.6 Å². The van der Waals surface area contributed by atoms with Crippen molar-refractivity contribution < 1.29 is 27.9 Å². The lowest BCUT2D eigenvalue weighted by Gasteiger charge is -2.18. The van der Waals surface area contributed by atoms with E-state index in [1.165, 1.54) is 13.8 Å². The third kappa shape index (κ3) is 5.60. The Bertz CT molecular complexity index is 902. The number of anilines is 1. The number of carbonyl (C=O) groups is 3. The summed E-state index contributed by atoms with van der Waals surface area (Å²) >= 11 is 0. The van der Waals surface area contributed by atoms with Crippen LogP contribution in [-0.2, 0) is 14.3 Å². The molecule has 0 aliphatic rings. The fraction of sp³-hybridized carbons (Fsp3) is 0.250. The fourth-order valence-corrected chi connectivity index (χ4v) is 2.28. The molecule has 2 atom stereocenters. The van der Waals surface area contributed by atoms with Crippen molar-refractivity contribution in [1.29, 1.82) is 0 Å². The average molecular weight is 390 g/mol. The highest BCUT2D eigenvalue weighted by atomic mass is 19.1. The van der Waals surface area contributed by atoms with Crippen LogP contribution in [0.15, 0.2) is 42.5 Å². The summed E-state index contributed by atoms with van der Waals surface area (Å²) in [6, 6.07) is 8.47. The van der Waals surface area contributed by atoms with Crippen molar-refractivity contribution in [2.24, 2.45) is 0 Å². The fourth-order valence-electron chi connectivity index (χ4n) is 2.28. The Labute approximate surface area is 160 Å². The van der Waals surface area contributed by atoms with Crippen LogP contribution in [0.3, 0.4) is 0 Å². The highest BCUT2D eigenvalue weighted by Crippen LogP contribution is 2.15. The molecule has 0 spiro atoms. The van der Waals surface area contributed by atoms with Crippen LogP contribution < -0.4 is 10.6 Å². The summed E-state index contributed by atoms with van der Waals surface area (Å²) < 4.78 is 31.5. The van der Waals surface area contributed by atoms with Gasteiger partial charge in [-0.05, 0) is 45.0 Å². The lowest BCUT2D eigenvalue weighted by atomic mass is 10.1. The molecular formula is C20H20F2N2O4. The van der Waals surface area contributed by atoms with Gasteiger partial charge < -0.3 is 15.4 Å². The molecule has 2 amide bonds. The zero-order valence-electron chi connectivity index (χ0n) is 15.6. The van der Waals surface area contributed by atoms with Gasteiger partial charge in [-0.25, -0.2) is 13.6 Å². The molecule has 148 valence electrons. The third-order valence-corrected chi connectivity index (χ3v) is 3.83. The van der Waals surface area contributed by atoms with Crippen LogP contribution in [0.5, 0.6) is 0 Å². The maximum Gasteiger partial charge on any atom is 0.329 e.